The zero-order valence-electron chi connectivity index (χ0n) is 10.8. The first kappa shape index (κ1) is 12.1. The van der Waals surface area contributed by atoms with Gasteiger partial charge in [0.05, 0.1) is 12.8 Å². The minimum atomic E-state index is 0.741. The van der Waals surface area contributed by atoms with Crippen molar-refractivity contribution in [3.63, 3.8) is 0 Å². The van der Waals surface area contributed by atoms with Gasteiger partial charge >= 0.3 is 0 Å². The molecule has 2 rings (SSSR count). The van der Waals surface area contributed by atoms with Crippen molar-refractivity contribution in [2.24, 2.45) is 0 Å². The van der Waals surface area contributed by atoms with E-state index in [2.05, 4.69) is 24.0 Å². The van der Waals surface area contributed by atoms with E-state index in [4.69, 9.17) is 10.5 Å². The third kappa shape index (κ3) is 2.48. The van der Waals surface area contributed by atoms with Crippen LogP contribution in [0.4, 0.5) is 11.4 Å². The maximum Gasteiger partial charge on any atom is 0.143 e. The van der Waals surface area contributed by atoms with Crippen molar-refractivity contribution in [3.8, 4) is 5.75 Å². The first-order valence-corrected chi connectivity index (χ1v) is 6.47. The van der Waals surface area contributed by atoms with E-state index in [0.717, 1.165) is 30.9 Å². The second kappa shape index (κ2) is 5.30. The number of anilines is 2. The Morgan fingerprint density at radius 1 is 1.24 bits per heavy atom. The summed E-state index contributed by atoms with van der Waals surface area (Å²) in [4.78, 5) is 2.46. The fraction of sp³-hybridized carbons (Fsp3) is 0.571. The Balaban J connectivity index is 2.35. The molecule has 0 atom stereocenters. The largest absolute Gasteiger partial charge is 0.495 e. The molecule has 1 aliphatic heterocycles. The number of methoxy groups -OCH3 is 1. The average Bonchev–Trinajstić information content (AvgIpc) is 2.39. The molecule has 3 nitrogen and oxygen atoms in total. The molecule has 1 aromatic carbocycles. The molecule has 1 saturated heterocycles. The van der Waals surface area contributed by atoms with Crippen molar-refractivity contribution in [2.75, 3.05) is 30.8 Å². The summed E-state index contributed by atoms with van der Waals surface area (Å²) >= 11 is 0. The predicted molar refractivity (Wildman–Crippen MR) is 72.8 cm³/mol. The molecule has 0 unspecified atom stereocenters. The van der Waals surface area contributed by atoms with Crippen LogP contribution in [0.3, 0.4) is 0 Å². The van der Waals surface area contributed by atoms with Gasteiger partial charge in [-0.1, -0.05) is 6.92 Å². The number of ether oxygens (including phenoxy) is 1. The van der Waals surface area contributed by atoms with Crippen LogP contribution in [-0.4, -0.2) is 20.2 Å². The molecule has 0 bridgehead atoms. The normalized spacial score (nSPS) is 16.0. The highest BCUT2D eigenvalue weighted by molar-refractivity contribution is 5.67. The van der Waals surface area contributed by atoms with Crippen molar-refractivity contribution in [1.82, 2.24) is 0 Å². The number of nitrogens with zero attached hydrogens (tertiary/aromatic N) is 1. The van der Waals surface area contributed by atoms with Crippen LogP contribution in [0.5, 0.6) is 5.75 Å². The number of rotatable bonds is 3. The van der Waals surface area contributed by atoms with Gasteiger partial charge in [0.25, 0.3) is 0 Å². The average molecular weight is 234 g/mol. The molecular formula is C14H22N2O. The van der Waals surface area contributed by atoms with Gasteiger partial charge in [0.15, 0.2) is 0 Å². The summed E-state index contributed by atoms with van der Waals surface area (Å²) in [5, 5.41) is 0. The Labute approximate surface area is 104 Å². The highest BCUT2D eigenvalue weighted by atomic mass is 16.5. The third-order valence-corrected chi connectivity index (χ3v) is 3.51. The third-order valence-electron chi connectivity index (χ3n) is 3.51. The van der Waals surface area contributed by atoms with E-state index in [-0.39, 0.29) is 0 Å². The first-order chi connectivity index (χ1) is 8.26. The van der Waals surface area contributed by atoms with E-state index in [1.54, 1.807) is 7.11 Å². The molecule has 0 saturated carbocycles. The zero-order valence-corrected chi connectivity index (χ0v) is 10.8. The monoisotopic (exact) mass is 234 g/mol. The molecule has 0 radical (unpaired) electrons. The second-order valence-electron chi connectivity index (χ2n) is 4.62. The molecule has 3 heteroatoms. The Morgan fingerprint density at radius 3 is 2.53 bits per heavy atom. The smallest absolute Gasteiger partial charge is 0.143 e. The van der Waals surface area contributed by atoms with Crippen molar-refractivity contribution >= 4 is 11.4 Å². The summed E-state index contributed by atoms with van der Waals surface area (Å²) in [6.07, 6.45) is 4.94. The predicted octanol–water partition coefficient (Wildman–Crippen LogP) is 2.83. The molecule has 2 N–H and O–H groups in total. The van der Waals surface area contributed by atoms with E-state index in [9.17, 15) is 0 Å². The lowest BCUT2D eigenvalue weighted by Gasteiger charge is -2.31. The van der Waals surface area contributed by atoms with Gasteiger partial charge in [-0.3, -0.25) is 0 Å². The maximum absolute atomic E-state index is 5.96. The lowest BCUT2D eigenvalue weighted by molar-refractivity contribution is 0.416. The molecule has 94 valence electrons. The minimum absolute atomic E-state index is 0.741. The number of nitrogen functional groups attached to an aromatic ring is 1. The Kier molecular flexibility index (Phi) is 3.77. The van der Waals surface area contributed by atoms with E-state index >= 15 is 0 Å². The lowest BCUT2D eigenvalue weighted by atomic mass is 10.0. The summed E-state index contributed by atoms with van der Waals surface area (Å²) in [6.45, 7) is 4.48. The van der Waals surface area contributed by atoms with Crippen LogP contribution >= 0.6 is 0 Å². The van der Waals surface area contributed by atoms with Crippen molar-refractivity contribution in [2.45, 2.75) is 32.6 Å². The Hall–Kier alpha value is -1.38. The highest BCUT2D eigenvalue weighted by Crippen LogP contribution is 2.33. The van der Waals surface area contributed by atoms with Gasteiger partial charge in [-0.25, -0.2) is 0 Å². The van der Waals surface area contributed by atoms with Crippen molar-refractivity contribution in [3.05, 3.63) is 17.7 Å². The molecule has 1 fully saturated rings. The van der Waals surface area contributed by atoms with Gasteiger partial charge in [0, 0.05) is 24.8 Å². The van der Waals surface area contributed by atoms with Crippen LogP contribution in [0.25, 0.3) is 0 Å². The number of hydrogen-bond donors (Lipinski definition) is 1. The van der Waals surface area contributed by atoms with Crippen molar-refractivity contribution in [1.29, 1.82) is 0 Å². The molecule has 1 aliphatic rings. The van der Waals surface area contributed by atoms with Crippen LogP contribution < -0.4 is 15.4 Å². The van der Waals surface area contributed by atoms with Crippen LogP contribution in [0.2, 0.25) is 0 Å². The summed E-state index contributed by atoms with van der Waals surface area (Å²) < 4.78 is 5.32. The van der Waals surface area contributed by atoms with Gasteiger partial charge in [-0.15, -0.1) is 0 Å². The van der Waals surface area contributed by atoms with E-state index in [0.29, 0.717) is 0 Å². The van der Waals surface area contributed by atoms with E-state index in [1.807, 2.05) is 0 Å². The molecule has 0 spiro atoms. The van der Waals surface area contributed by atoms with E-state index in [1.165, 1.54) is 30.5 Å². The second-order valence-corrected chi connectivity index (χ2v) is 4.62. The SMILES string of the molecule is CCc1cc(N)c(OC)cc1N1CCCCC1. The highest BCUT2D eigenvalue weighted by Gasteiger charge is 2.16. The fourth-order valence-electron chi connectivity index (χ4n) is 2.52. The summed E-state index contributed by atoms with van der Waals surface area (Å²) in [5.41, 5.74) is 9.33. The Bertz CT molecular complexity index is 384. The quantitative estimate of drug-likeness (QED) is 0.817. The van der Waals surface area contributed by atoms with Crippen molar-refractivity contribution < 1.29 is 4.74 Å². The summed E-state index contributed by atoms with van der Waals surface area (Å²) in [6, 6.07) is 4.16. The standard InChI is InChI=1S/C14H22N2O/c1-3-11-9-12(15)14(17-2)10-13(11)16-7-5-4-6-8-16/h9-10H,3-8,15H2,1-2H3. The summed E-state index contributed by atoms with van der Waals surface area (Å²) in [7, 11) is 1.68. The van der Waals surface area contributed by atoms with Crippen LogP contribution in [0, 0.1) is 0 Å². The fourth-order valence-corrected chi connectivity index (χ4v) is 2.52. The number of benzene rings is 1. The molecule has 17 heavy (non-hydrogen) atoms. The first-order valence-electron chi connectivity index (χ1n) is 6.47. The van der Waals surface area contributed by atoms with Crippen LogP contribution in [0.1, 0.15) is 31.7 Å². The topological polar surface area (TPSA) is 38.5 Å². The molecule has 0 aliphatic carbocycles. The molecule has 0 amide bonds. The van der Waals surface area contributed by atoms with Crippen LogP contribution in [-0.2, 0) is 6.42 Å². The maximum atomic E-state index is 5.96. The lowest BCUT2D eigenvalue weighted by Crippen LogP contribution is -2.30. The molecule has 1 heterocycles. The van der Waals surface area contributed by atoms with Crippen LogP contribution in [0.15, 0.2) is 12.1 Å². The van der Waals surface area contributed by atoms with E-state index < -0.39 is 0 Å². The summed E-state index contributed by atoms with van der Waals surface area (Å²) in [5.74, 6) is 0.794. The zero-order chi connectivity index (χ0) is 12.3. The molecule has 1 aromatic rings. The number of nitrogens with two attached hydrogens (primary N) is 1. The Morgan fingerprint density at radius 2 is 1.94 bits per heavy atom. The van der Waals surface area contributed by atoms with Gasteiger partial charge in [-0.2, -0.15) is 0 Å². The molecule has 0 aromatic heterocycles. The molecular weight excluding hydrogens is 212 g/mol. The number of aryl methyl sites for hydroxylation is 1. The van der Waals surface area contributed by atoms with Gasteiger partial charge in [-0.05, 0) is 37.3 Å². The minimum Gasteiger partial charge on any atom is -0.495 e. The number of hydrogen-bond acceptors (Lipinski definition) is 3. The number of piperidine rings is 1. The van der Waals surface area contributed by atoms with Gasteiger partial charge < -0.3 is 15.4 Å². The van der Waals surface area contributed by atoms with Gasteiger partial charge in [0.1, 0.15) is 5.75 Å². The van der Waals surface area contributed by atoms with Gasteiger partial charge in [0.2, 0.25) is 0 Å².